The van der Waals surface area contributed by atoms with Crippen molar-refractivity contribution in [2.24, 2.45) is 5.92 Å². The molecular formula is C18H23N3O2. The molecule has 2 bridgehead atoms. The lowest BCUT2D eigenvalue weighted by Crippen LogP contribution is -2.57. The zero-order chi connectivity index (χ0) is 15.8. The highest BCUT2D eigenvalue weighted by atomic mass is 16.5. The number of piperidine rings is 3. The maximum Gasteiger partial charge on any atom is 0.268 e. The number of nitrogens with zero attached hydrogens (tertiary/aromatic N) is 1. The fourth-order valence-corrected chi connectivity index (χ4v) is 3.86. The fraction of sp³-hybridized carbons (Fsp3) is 0.500. The molecule has 1 amide bonds. The summed E-state index contributed by atoms with van der Waals surface area (Å²) in [6.45, 7) is 5.97. The number of amides is 1. The molecule has 3 aliphatic heterocycles. The van der Waals surface area contributed by atoms with Gasteiger partial charge in [-0.15, -0.1) is 0 Å². The zero-order valence-electron chi connectivity index (χ0n) is 13.5. The van der Waals surface area contributed by atoms with E-state index in [0.29, 0.717) is 18.2 Å². The molecule has 5 nitrogen and oxygen atoms in total. The van der Waals surface area contributed by atoms with Crippen molar-refractivity contribution in [1.82, 2.24) is 15.2 Å². The smallest absolute Gasteiger partial charge is 0.268 e. The number of fused-ring (bicyclic) bond motifs is 4. The predicted octanol–water partition coefficient (Wildman–Crippen LogP) is 2.39. The van der Waals surface area contributed by atoms with Crippen LogP contribution in [0.4, 0.5) is 0 Å². The van der Waals surface area contributed by atoms with Gasteiger partial charge in [-0.3, -0.25) is 4.79 Å². The lowest BCUT2D eigenvalue weighted by atomic mass is 9.84. The van der Waals surface area contributed by atoms with E-state index in [9.17, 15) is 4.79 Å². The van der Waals surface area contributed by atoms with Crippen molar-refractivity contribution in [3.63, 3.8) is 0 Å². The van der Waals surface area contributed by atoms with Gasteiger partial charge in [0, 0.05) is 23.5 Å². The largest absolute Gasteiger partial charge is 0.494 e. The molecule has 4 heterocycles. The Morgan fingerprint density at radius 1 is 1.35 bits per heavy atom. The molecular weight excluding hydrogens is 290 g/mol. The van der Waals surface area contributed by atoms with E-state index in [-0.39, 0.29) is 11.9 Å². The maximum absolute atomic E-state index is 12.6. The standard InChI is InChI=1S/C18H23N3O2/c1-2-23-14-3-4-15-13(9-14)10-16(19-15)18(22)20-17-11-21-7-5-12(17)6-8-21/h3-4,9-10,12,17,19H,2,5-8,11H2,1H3,(H,20,22). The van der Waals surface area contributed by atoms with Gasteiger partial charge in [0.1, 0.15) is 11.4 Å². The normalized spacial score (nSPS) is 26.4. The Hall–Kier alpha value is -2.01. The Labute approximate surface area is 136 Å². The van der Waals surface area contributed by atoms with Crippen molar-refractivity contribution >= 4 is 16.8 Å². The van der Waals surface area contributed by atoms with Crippen LogP contribution >= 0.6 is 0 Å². The number of carbonyl (C=O) groups is 1. The maximum atomic E-state index is 12.6. The van der Waals surface area contributed by atoms with Gasteiger partial charge < -0.3 is 19.9 Å². The Morgan fingerprint density at radius 2 is 2.17 bits per heavy atom. The molecule has 5 rings (SSSR count). The van der Waals surface area contributed by atoms with E-state index >= 15 is 0 Å². The molecule has 3 fully saturated rings. The summed E-state index contributed by atoms with van der Waals surface area (Å²) in [5.41, 5.74) is 1.60. The molecule has 0 spiro atoms. The number of H-pyrrole nitrogens is 1. The van der Waals surface area contributed by atoms with Gasteiger partial charge in [-0.25, -0.2) is 0 Å². The van der Waals surface area contributed by atoms with E-state index in [1.807, 2.05) is 31.2 Å². The minimum absolute atomic E-state index is 0.00194. The minimum Gasteiger partial charge on any atom is -0.494 e. The molecule has 2 N–H and O–H groups in total. The Kier molecular flexibility index (Phi) is 3.73. The third kappa shape index (κ3) is 2.81. The average molecular weight is 313 g/mol. The summed E-state index contributed by atoms with van der Waals surface area (Å²) in [6.07, 6.45) is 2.41. The second-order valence-electron chi connectivity index (χ2n) is 6.58. The number of rotatable bonds is 4. The van der Waals surface area contributed by atoms with Crippen LogP contribution < -0.4 is 10.1 Å². The summed E-state index contributed by atoms with van der Waals surface area (Å²) in [4.78, 5) is 18.2. The highest BCUT2D eigenvalue weighted by molar-refractivity contribution is 5.98. The molecule has 2 aromatic rings. The van der Waals surface area contributed by atoms with Crippen LogP contribution in [-0.4, -0.2) is 48.1 Å². The van der Waals surface area contributed by atoms with E-state index in [1.54, 1.807) is 0 Å². The van der Waals surface area contributed by atoms with Crippen LogP contribution in [0.5, 0.6) is 5.75 Å². The molecule has 1 atom stereocenters. The van der Waals surface area contributed by atoms with Gasteiger partial charge in [0.05, 0.1) is 6.61 Å². The van der Waals surface area contributed by atoms with Gasteiger partial charge in [-0.1, -0.05) is 0 Å². The van der Waals surface area contributed by atoms with E-state index < -0.39 is 0 Å². The third-order valence-corrected chi connectivity index (χ3v) is 5.12. The summed E-state index contributed by atoms with van der Waals surface area (Å²) in [6, 6.07) is 8.06. The summed E-state index contributed by atoms with van der Waals surface area (Å²) >= 11 is 0. The summed E-state index contributed by atoms with van der Waals surface area (Å²) in [5.74, 6) is 1.47. The topological polar surface area (TPSA) is 57.4 Å². The van der Waals surface area contributed by atoms with Crippen LogP contribution in [0.25, 0.3) is 10.9 Å². The fourth-order valence-electron chi connectivity index (χ4n) is 3.86. The number of nitrogens with one attached hydrogen (secondary N) is 2. The van der Waals surface area contributed by atoms with Gasteiger partial charge in [0.2, 0.25) is 0 Å². The number of aromatic amines is 1. The Balaban J connectivity index is 1.50. The molecule has 5 heteroatoms. The van der Waals surface area contributed by atoms with E-state index in [1.165, 1.54) is 25.9 Å². The van der Waals surface area contributed by atoms with E-state index in [0.717, 1.165) is 23.2 Å². The van der Waals surface area contributed by atoms with Crippen LogP contribution in [0.1, 0.15) is 30.3 Å². The summed E-state index contributed by atoms with van der Waals surface area (Å²) in [5, 5.41) is 4.23. The molecule has 0 radical (unpaired) electrons. The first kappa shape index (κ1) is 14.6. The van der Waals surface area contributed by atoms with Crippen molar-refractivity contribution in [3.8, 4) is 5.75 Å². The monoisotopic (exact) mass is 313 g/mol. The summed E-state index contributed by atoms with van der Waals surface area (Å²) in [7, 11) is 0. The number of hydrogen-bond acceptors (Lipinski definition) is 3. The van der Waals surface area contributed by atoms with Crippen molar-refractivity contribution in [1.29, 1.82) is 0 Å². The number of aromatic nitrogens is 1. The molecule has 0 aliphatic carbocycles. The molecule has 3 saturated heterocycles. The molecule has 1 aromatic heterocycles. The number of carbonyl (C=O) groups excluding carboxylic acids is 1. The Bertz CT molecular complexity index is 716. The number of benzene rings is 1. The molecule has 1 unspecified atom stereocenters. The van der Waals surface area contributed by atoms with Gasteiger partial charge in [0.15, 0.2) is 0 Å². The van der Waals surface area contributed by atoms with E-state index in [2.05, 4.69) is 15.2 Å². The SMILES string of the molecule is CCOc1ccc2[nH]c(C(=O)NC3CN4CCC3CC4)cc2c1. The van der Waals surface area contributed by atoms with Crippen LogP contribution in [0.2, 0.25) is 0 Å². The number of ether oxygens (including phenoxy) is 1. The quantitative estimate of drug-likeness (QED) is 0.911. The highest BCUT2D eigenvalue weighted by Gasteiger charge is 2.35. The van der Waals surface area contributed by atoms with Crippen molar-refractivity contribution in [3.05, 3.63) is 30.0 Å². The zero-order valence-corrected chi connectivity index (χ0v) is 13.5. The minimum atomic E-state index is -0.00194. The molecule has 1 aromatic carbocycles. The molecule has 0 saturated carbocycles. The van der Waals surface area contributed by atoms with Gasteiger partial charge >= 0.3 is 0 Å². The van der Waals surface area contributed by atoms with Crippen LogP contribution in [0.15, 0.2) is 24.3 Å². The molecule has 122 valence electrons. The molecule has 23 heavy (non-hydrogen) atoms. The van der Waals surface area contributed by atoms with E-state index in [4.69, 9.17) is 4.74 Å². The van der Waals surface area contributed by atoms with Crippen molar-refractivity contribution in [2.45, 2.75) is 25.8 Å². The second kappa shape index (κ2) is 5.89. The Morgan fingerprint density at radius 3 is 2.87 bits per heavy atom. The van der Waals surface area contributed by atoms with Gasteiger partial charge in [-0.2, -0.15) is 0 Å². The van der Waals surface area contributed by atoms with Crippen LogP contribution in [0.3, 0.4) is 0 Å². The number of hydrogen-bond donors (Lipinski definition) is 2. The lowest BCUT2D eigenvalue weighted by molar-refractivity contribution is 0.0618. The van der Waals surface area contributed by atoms with Crippen molar-refractivity contribution < 1.29 is 9.53 Å². The molecule has 3 aliphatic rings. The van der Waals surface area contributed by atoms with Crippen LogP contribution in [-0.2, 0) is 0 Å². The van der Waals surface area contributed by atoms with Crippen molar-refractivity contribution in [2.75, 3.05) is 26.2 Å². The first-order valence-electron chi connectivity index (χ1n) is 8.51. The average Bonchev–Trinajstić information content (AvgIpc) is 3.00. The second-order valence-corrected chi connectivity index (χ2v) is 6.58. The first-order chi connectivity index (χ1) is 11.2. The van der Waals surface area contributed by atoms with Gasteiger partial charge in [0.25, 0.3) is 5.91 Å². The predicted molar refractivity (Wildman–Crippen MR) is 89.9 cm³/mol. The third-order valence-electron chi connectivity index (χ3n) is 5.12. The lowest BCUT2D eigenvalue weighted by Gasteiger charge is -2.44. The van der Waals surface area contributed by atoms with Gasteiger partial charge in [-0.05, 0) is 63.0 Å². The van der Waals surface area contributed by atoms with Crippen LogP contribution in [0, 0.1) is 5.92 Å². The summed E-state index contributed by atoms with van der Waals surface area (Å²) < 4.78 is 5.52. The highest BCUT2D eigenvalue weighted by Crippen LogP contribution is 2.28. The first-order valence-corrected chi connectivity index (χ1v) is 8.51.